The molecule has 0 spiro atoms. The van der Waals surface area contributed by atoms with Gasteiger partial charge in [-0.15, -0.1) is 22.7 Å². The van der Waals surface area contributed by atoms with Crippen LogP contribution >= 0.6 is 22.7 Å². The molecule has 0 saturated heterocycles. The first kappa shape index (κ1) is 16.3. The maximum absolute atomic E-state index is 12.1. The topological polar surface area (TPSA) is 59.1 Å². The van der Waals surface area contributed by atoms with E-state index in [2.05, 4.69) is 21.8 Å². The minimum atomic E-state index is -3.44. The van der Waals surface area contributed by atoms with Gasteiger partial charge in [0.15, 0.2) is 0 Å². The number of thiazole rings is 1. The van der Waals surface area contributed by atoms with Crippen molar-refractivity contribution in [1.29, 1.82) is 0 Å². The van der Waals surface area contributed by atoms with Crippen molar-refractivity contribution in [3.8, 4) is 0 Å². The molecule has 1 aromatic carbocycles. The Morgan fingerprint density at radius 2 is 1.91 bits per heavy atom. The Kier molecular flexibility index (Phi) is 4.91. The summed E-state index contributed by atoms with van der Waals surface area (Å²) in [6.45, 7) is 2.19. The zero-order chi connectivity index (χ0) is 16.3. The van der Waals surface area contributed by atoms with Crippen LogP contribution in [0.2, 0.25) is 0 Å². The molecule has 1 N–H and O–H groups in total. The summed E-state index contributed by atoms with van der Waals surface area (Å²) in [6, 6.07) is 13.5. The molecule has 0 aliphatic heterocycles. The molecule has 0 aliphatic rings. The molecule has 0 bridgehead atoms. The van der Waals surface area contributed by atoms with Gasteiger partial charge in [0, 0.05) is 11.3 Å². The van der Waals surface area contributed by atoms with Gasteiger partial charge in [0.1, 0.15) is 9.22 Å². The number of hydrogen-bond donors (Lipinski definition) is 1. The van der Waals surface area contributed by atoms with E-state index < -0.39 is 10.0 Å². The van der Waals surface area contributed by atoms with Crippen LogP contribution < -0.4 is 4.72 Å². The Labute approximate surface area is 143 Å². The molecule has 0 fully saturated rings. The summed E-state index contributed by atoms with van der Waals surface area (Å²) in [5, 5.41) is 2.54. The number of nitrogens with one attached hydrogen (secondary N) is 1. The van der Waals surface area contributed by atoms with Crippen molar-refractivity contribution < 1.29 is 8.42 Å². The molecule has 0 atom stereocenters. The van der Waals surface area contributed by atoms with Crippen LogP contribution in [0.5, 0.6) is 0 Å². The van der Waals surface area contributed by atoms with E-state index in [-0.39, 0.29) is 6.54 Å². The molecule has 0 aliphatic carbocycles. The summed E-state index contributed by atoms with van der Waals surface area (Å²) in [5.74, 6) is 0. The normalized spacial score (nSPS) is 11.7. The Morgan fingerprint density at radius 1 is 1.13 bits per heavy atom. The average molecular weight is 365 g/mol. The molecule has 7 heteroatoms. The molecule has 0 amide bonds. The average Bonchev–Trinajstić information content (AvgIpc) is 3.18. The van der Waals surface area contributed by atoms with Gasteiger partial charge in [-0.3, -0.25) is 0 Å². The maximum Gasteiger partial charge on any atom is 0.250 e. The number of benzene rings is 1. The monoisotopic (exact) mass is 364 g/mol. The predicted octanol–water partition coefficient (Wildman–Crippen LogP) is 3.58. The van der Waals surface area contributed by atoms with Crippen LogP contribution in [0.4, 0.5) is 0 Å². The van der Waals surface area contributed by atoms with Crippen LogP contribution in [0.15, 0.2) is 52.1 Å². The van der Waals surface area contributed by atoms with Crippen molar-refractivity contribution in [3.05, 3.63) is 69.0 Å². The minimum absolute atomic E-state index is 0.223. The van der Waals surface area contributed by atoms with E-state index in [4.69, 9.17) is 0 Å². The molecule has 23 heavy (non-hydrogen) atoms. The van der Waals surface area contributed by atoms with E-state index >= 15 is 0 Å². The summed E-state index contributed by atoms with van der Waals surface area (Å²) < 4.78 is 27.2. The molecular formula is C16H16N2O2S3. The molecule has 2 heterocycles. The van der Waals surface area contributed by atoms with Gasteiger partial charge in [-0.25, -0.2) is 18.1 Å². The standard InChI is InChI=1S/C16H16N2O2S3/c1-12-14(10-13-6-3-2-4-7-13)22-15(18-12)11-17-23(19,20)16-8-5-9-21-16/h2-9,17H,10-11H2,1H3. The Hall–Kier alpha value is -1.54. The highest BCUT2D eigenvalue weighted by atomic mass is 32.2. The minimum Gasteiger partial charge on any atom is -0.245 e. The Morgan fingerprint density at radius 3 is 2.61 bits per heavy atom. The molecule has 4 nitrogen and oxygen atoms in total. The zero-order valence-electron chi connectivity index (χ0n) is 12.5. The van der Waals surface area contributed by atoms with E-state index in [0.717, 1.165) is 17.1 Å². The third kappa shape index (κ3) is 4.06. The van der Waals surface area contributed by atoms with E-state index in [1.807, 2.05) is 25.1 Å². The first-order valence-corrected chi connectivity index (χ1v) is 10.2. The molecule has 3 aromatic rings. The van der Waals surface area contributed by atoms with Crippen molar-refractivity contribution in [2.45, 2.75) is 24.1 Å². The SMILES string of the molecule is Cc1nc(CNS(=O)(=O)c2cccs2)sc1Cc1ccccc1. The fraction of sp³-hybridized carbons (Fsp3) is 0.188. The van der Waals surface area contributed by atoms with E-state index in [1.54, 1.807) is 28.8 Å². The second-order valence-corrected chi connectivity index (χ2v) is 9.14. The number of nitrogens with zero attached hydrogens (tertiary/aromatic N) is 1. The van der Waals surface area contributed by atoms with Gasteiger partial charge < -0.3 is 0 Å². The van der Waals surface area contributed by atoms with Crippen LogP contribution in [-0.4, -0.2) is 13.4 Å². The Bertz CT molecular complexity index is 869. The molecule has 0 radical (unpaired) electrons. The smallest absolute Gasteiger partial charge is 0.245 e. The van der Waals surface area contributed by atoms with Gasteiger partial charge >= 0.3 is 0 Å². The summed E-state index contributed by atoms with van der Waals surface area (Å²) in [5.41, 5.74) is 2.19. The highest BCUT2D eigenvalue weighted by molar-refractivity contribution is 7.91. The molecular weight excluding hydrogens is 348 g/mol. The van der Waals surface area contributed by atoms with Gasteiger partial charge in [-0.05, 0) is 23.9 Å². The first-order valence-electron chi connectivity index (χ1n) is 7.07. The summed E-state index contributed by atoms with van der Waals surface area (Å²) in [6.07, 6.45) is 0.821. The zero-order valence-corrected chi connectivity index (χ0v) is 15.0. The highest BCUT2D eigenvalue weighted by Gasteiger charge is 2.16. The lowest BCUT2D eigenvalue weighted by molar-refractivity contribution is 0.583. The lowest BCUT2D eigenvalue weighted by Crippen LogP contribution is -2.22. The first-order chi connectivity index (χ1) is 11.0. The molecule has 3 rings (SSSR count). The fourth-order valence-corrected chi connectivity index (χ4v) is 5.31. The number of rotatable bonds is 6. The van der Waals surface area contributed by atoms with Crippen molar-refractivity contribution >= 4 is 32.7 Å². The predicted molar refractivity (Wildman–Crippen MR) is 94.4 cm³/mol. The van der Waals surface area contributed by atoms with Crippen LogP contribution in [0.1, 0.15) is 21.1 Å². The third-order valence-electron chi connectivity index (χ3n) is 3.32. The second kappa shape index (κ2) is 6.92. The van der Waals surface area contributed by atoms with Gasteiger partial charge in [0.25, 0.3) is 0 Å². The quantitative estimate of drug-likeness (QED) is 0.727. The number of sulfonamides is 1. The fourth-order valence-electron chi connectivity index (χ4n) is 2.15. The van der Waals surface area contributed by atoms with Crippen LogP contribution in [0.3, 0.4) is 0 Å². The number of aromatic nitrogens is 1. The van der Waals surface area contributed by atoms with Gasteiger partial charge in [-0.1, -0.05) is 36.4 Å². The van der Waals surface area contributed by atoms with Gasteiger partial charge in [0.2, 0.25) is 10.0 Å². The highest BCUT2D eigenvalue weighted by Crippen LogP contribution is 2.22. The lowest BCUT2D eigenvalue weighted by atomic mass is 10.1. The number of hydrogen-bond acceptors (Lipinski definition) is 5. The molecule has 2 aromatic heterocycles. The Balaban J connectivity index is 1.69. The van der Waals surface area contributed by atoms with Crippen LogP contribution in [-0.2, 0) is 23.0 Å². The van der Waals surface area contributed by atoms with Crippen LogP contribution in [0.25, 0.3) is 0 Å². The largest absolute Gasteiger partial charge is 0.250 e. The summed E-state index contributed by atoms with van der Waals surface area (Å²) >= 11 is 2.77. The maximum atomic E-state index is 12.1. The van der Waals surface area contributed by atoms with Gasteiger partial charge in [-0.2, -0.15) is 0 Å². The van der Waals surface area contributed by atoms with Crippen LogP contribution in [0, 0.1) is 6.92 Å². The van der Waals surface area contributed by atoms with E-state index in [9.17, 15) is 8.42 Å². The second-order valence-electron chi connectivity index (χ2n) is 5.04. The number of aryl methyl sites for hydroxylation is 1. The van der Waals surface area contributed by atoms with E-state index in [0.29, 0.717) is 4.21 Å². The van der Waals surface area contributed by atoms with Crippen molar-refractivity contribution in [2.75, 3.05) is 0 Å². The van der Waals surface area contributed by atoms with Crippen molar-refractivity contribution in [1.82, 2.24) is 9.71 Å². The number of thiophene rings is 1. The molecule has 120 valence electrons. The lowest BCUT2D eigenvalue weighted by Gasteiger charge is -2.01. The van der Waals surface area contributed by atoms with E-state index in [1.165, 1.54) is 21.8 Å². The van der Waals surface area contributed by atoms with Gasteiger partial charge in [0.05, 0.1) is 12.2 Å². The molecule has 0 unspecified atom stereocenters. The molecule has 0 saturated carbocycles. The van der Waals surface area contributed by atoms with Crippen molar-refractivity contribution in [2.24, 2.45) is 0 Å². The third-order valence-corrected chi connectivity index (χ3v) is 7.27. The summed E-state index contributed by atoms with van der Waals surface area (Å²) in [7, 11) is -3.44. The summed E-state index contributed by atoms with van der Waals surface area (Å²) in [4.78, 5) is 5.65. The van der Waals surface area contributed by atoms with Crippen molar-refractivity contribution in [3.63, 3.8) is 0 Å².